The van der Waals surface area contributed by atoms with Crippen LogP contribution in [0.1, 0.15) is 37.0 Å². The van der Waals surface area contributed by atoms with E-state index in [0.29, 0.717) is 12.1 Å². The summed E-state index contributed by atoms with van der Waals surface area (Å²) in [7, 11) is 0. The molecular weight excluding hydrogens is 278 g/mol. The third-order valence-corrected chi connectivity index (χ3v) is 4.22. The summed E-state index contributed by atoms with van der Waals surface area (Å²) in [5.41, 5.74) is 1.31. The molecule has 1 aromatic heterocycles. The summed E-state index contributed by atoms with van der Waals surface area (Å²) < 4.78 is 27.1. The predicted octanol–water partition coefficient (Wildman–Crippen LogP) is 4.64. The smallest absolute Gasteiger partial charge is 0.146 e. The topological polar surface area (TPSA) is 24.9 Å². The zero-order chi connectivity index (χ0) is 14.9. The molecule has 20 heavy (non-hydrogen) atoms. The molecule has 0 saturated carbocycles. The fourth-order valence-electron chi connectivity index (χ4n) is 1.70. The quantitative estimate of drug-likeness (QED) is 0.892. The van der Waals surface area contributed by atoms with Crippen LogP contribution in [-0.2, 0) is 12.0 Å². The van der Waals surface area contributed by atoms with E-state index in [1.54, 1.807) is 11.3 Å². The highest BCUT2D eigenvalue weighted by Crippen LogP contribution is 2.26. The van der Waals surface area contributed by atoms with Gasteiger partial charge in [-0.3, -0.25) is 0 Å². The molecule has 2 aromatic rings. The van der Waals surface area contributed by atoms with Gasteiger partial charge in [0.2, 0.25) is 0 Å². The molecule has 0 unspecified atom stereocenters. The fourth-order valence-corrected chi connectivity index (χ4v) is 2.61. The lowest BCUT2D eigenvalue weighted by atomic mass is 9.98. The molecule has 1 N–H and O–H groups in total. The molecule has 0 aliphatic heterocycles. The summed E-state index contributed by atoms with van der Waals surface area (Å²) >= 11 is 1.58. The third kappa shape index (κ3) is 3.33. The number of halogens is 2. The van der Waals surface area contributed by atoms with E-state index in [1.807, 2.05) is 5.38 Å². The molecule has 0 saturated heterocycles. The maximum absolute atomic E-state index is 13.7. The number of benzene rings is 1. The lowest BCUT2D eigenvalue weighted by Gasteiger charge is -2.13. The first-order valence-electron chi connectivity index (χ1n) is 6.42. The SMILES string of the molecule is Cc1cc(F)c(NCc2csc(C(C)(C)C)n2)cc1F. The number of anilines is 1. The highest BCUT2D eigenvalue weighted by Gasteiger charge is 2.18. The summed E-state index contributed by atoms with van der Waals surface area (Å²) in [5.74, 6) is -0.863. The standard InChI is InChI=1S/C15H18F2N2S/c1-9-5-12(17)13(6-11(9)16)18-7-10-8-20-14(19-10)15(2,3)4/h5-6,8,18H,7H2,1-4H3. The van der Waals surface area contributed by atoms with Crippen molar-refractivity contribution < 1.29 is 8.78 Å². The van der Waals surface area contributed by atoms with E-state index in [2.05, 4.69) is 31.1 Å². The highest BCUT2D eigenvalue weighted by molar-refractivity contribution is 7.09. The van der Waals surface area contributed by atoms with Crippen LogP contribution in [0.2, 0.25) is 0 Å². The van der Waals surface area contributed by atoms with E-state index < -0.39 is 11.6 Å². The van der Waals surface area contributed by atoms with Crippen molar-refractivity contribution >= 4 is 17.0 Å². The van der Waals surface area contributed by atoms with Gasteiger partial charge in [-0.05, 0) is 18.6 Å². The Hall–Kier alpha value is -1.49. The number of thiazole rings is 1. The predicted molar refractivity (Wildman–Crippen MR) is 79.2 cm³/mol. The van der Waals surface area contributed by atoms with Crippen molar-refractivity contribution in [1.29, 1.82) is 0 Å². The van der Waals surface area contributed by atoms with E-state index in [4.69, 9.17) is 0 Å². The lowest BCUT2D eigenvalue weighted by molar-refractivity contribution is 0.583. The molecule has 2 nitrogen and oxygen atoms in total. The van der Waals surface area contributed by atoms with Crippen LogP contribution in [0.3, 0.4) is 0 Å². The van der Waals surface area contributed by atoms with Gasteiger partial charge in [0, 0.05) is 16.9 Å². The Bertz CT molecular complexity index is 615. The van der Waals surface area contributed by atoms with Crippen LogP contribution in [-0.4, -0.2) is 4.98 Å². The van der Waals surface area contributed by atoms with Crippen LogP contribution in [0.15, 0.2) is 17.5 Å². The van der Waals surface area contributed by atoms with Crippen LogP contribution in [0.4, 0.5) is 14.5 Å². The number of nitrogens with one attached hydrogen (secondary N) is 1. The zero-order valence-electron chi connectivity index (χ0n) is 12.1. The highest BCUT2D eigenvalue weighted by atomic mass is 32.1. The molecule has 0 aliphatic carbocycles. The van der Waals surface area contributed by atoms with Crippen molar-refractivity contribution in [3.05, 3.63) is 45.4 Å². The Kier molecular flexibility index (Phi) is 4.09. The normalized spacial score (nSPS) is 11.7. The van der Waals surface area contributed by atoms with Crippen molar-refractivity contribution in [3.8, 4) is 0 Å². The summed E-state index contributed by atoms with van der Waals surface area (Å²) in [6, 6.07) is 2.38. The monoisotopic (exact) mass is 296 g/mol. The largest absolute Gasteiger partial charge is 0.377 e. The molecule has 0 radical (unpaired) electrons. The number of aromatic nitrogens is 1. The van der Waals surface area contributed by atoms with Gasteiger partial charge < -0.3 is 5.32 Å². The van der Waals surface area contributed by atoms with Gasteiger partial charge in [-0.25, -0.2) is 13.8 Å². The van der Waals surface area contributed by atoms with Crippen molar-refractivity contribution in [2.75, 3.05) is 5.32 Å². The van der Waals surface area contributed by atoms with E-state index in [1.165, 1.54) is 19.1 Å². The average molecular weight is 296 g/mol. The van der Waals surface area contributed by atoms with Gasteiger partial charge >= 0.3 is 0 Å². The molecule has 5 heteroatoms. The molecule has 0 atom stereocenters. The zero-order valence-corrected chi connectivity index (χ0v) is 12.9. The van der Waals surface area contributed by atoms with Crippen molar-refractivity contribution in [1.82, 2.24) is 4.98 Å². The van der Waals surface area contributed by atoms with Crippen LogP contribution in [0.25, 0.3) is 0 Å². The molecule has 1 heterocycles. The molecular formula is C15H18F2N2S. The summed E-state index contributed by atoms with van der Waals surface area (Å²) in [6.45, 7) is 8.21. The number of nitrogens with zero attached hydrogens (tertiary/aromatic N) is 1. The molecule has 0 aliphatic rings. The fraction of sp³-hybridized carbons (Fsp3) is 0.400. The molecule has 1 aromatic carbocycles. The minimum Gasteiger partial charge on any atom is -0.377 e. The summed E-state index contributed by atoms with van der Waals surface area (Å²) in [5, 5.41) is 5.86. The van der Waals surface area contributed by atoms with Gasteiger partial charge in [0.15, 0.2) is 0 Å². The van der Waals surface area contributed by atoms with Crippen molar-refractivity contribution in [3.63, 3.8) is 0 Å². The average Bonchev–Trinajstić information content (AvgIpc) is 2.80. The van der Waals surface area contributed by atoms with Crippen LogP contribution in [0.5, 0.6) is 0 Å². The second kappa shape index (κ2) is 5.48. The van der Waals surface area contributed by atoms with Gasteiger partial charge in [-0.15, -0.1) is 11.3 Å². The Morgan fingerprint density at radius 2 is 1.90 bits per heavy atom. The first-order valence-corrected chi connectivity index (χ1v) is 7.30. The van der Waals surface area contributed by atoms with Crippen molar-refractivity contribution in [2.24, 2.45) is 0 Å². The van der Waals surface area contributed by atoms with E-state index in [0.717, 1.165) is 10.7 Å². The van der Waals surface area contributed by atoms with Gasteiger partial charge in [0.25, 0.3) is 0 Å². The lowest BCUT2D eigenvalue weighted by Crippen LogP contribution is -2.11. The number of hydrogen-bond donors (Lipinski definition) is 1. The molecule has 0 fully saturated rings. The Morgan fingerprint density at radius 1 is 1.20 bits per heavy atom. The van der Waals surface area contributed by atoms with E-state index >= 15 is 0 Å². The molecule has 108 valence electrons. The van der Waals surface area contributed by atoms with Gasteiger partial charge in [-0.1, -0.05) is 20.8 Å². The molecule has 2 rings (SSSR count). The summed E-state index contributed by atoms with van der Waals surface area (Å²) in [4.78, 5) is 4.51. The first kappa shape index (κ1) is 14.9. The second-order valence-electron chi connectivity index (χ2n) is 5.83. The second-order valence-corrected chi connectivity index (χ2v) is 6.69. The Morgan fingerprint density at radius 3 is 2.50 bits per heavy atom. The Balaban J connectivity index is 2.09. The maximum atomic E-state index is 13.7. The molecule has 0 spiro atoms. The van der Waals surface area contributed by atoms with Gasteiger partial charge in [-0.2, -0.15) is 0 Å². The minimum atomic E-state index is -0.449. The molecule has 0 amide bonds. The third-order valence-electron chi connectivity index (χ3n) is 2.90. The van der Waals surface area contributed by atoms with E-state index in [-0.39, 0.29) is 11.1 Å². The maximum Gasteiger partial charge on any atom is 0.146 e. The minimum absolute atomic E-state index is 0.00410. The summed E-state index contributed by atoms with van der Waals surface area (Å²) in [6.07, 6.45) is 0. The molecule has 0 bridgehead atoms. The van der Waals surface area contributed by atoms with E-state index in [9.17, 15) is 8.78 Å². The van der Waals surface area contributed by atoms with Crippen LogP contribution < -0.4 is 5.32 Å². The van der Waals surface area contributed by atoms with Gasteiger partial charge in [0.1, 0.15) is 11.6 Å². The van der Waals surface area contributed by atoms with Crippen molar-refractivity contribution in [2.45, 2.75) is 39.7 Å². The number of rotatable bonds is 3. The van der Waals surface area contributed by atoms with Gasteiger partial charge in [0.05, 0.1) is 22.9 Å². The Labute approximate surface area is 121 Å². The number of aryl methyl sites for hydroxylation is 1. The van der Waals surface area contributed by atoms with Crippen LogP contribution in [0, 0.1) is 18.6 Å². The van der Waals surface area contributed by atoms with Crippen LogP contribution >= 0.6 is 11.3 Å². The number of hydrogen-bond acceptors (Lipinski definition) is 3. The first-order chi connectivity index (χ1) is 9.27.